The van der Waals surface area contributed by atoms with Gasteiger partial charge in [0.25, 0.3) is 5.91 Å². The predicted molar refractivity (Wildman–Crippen MR) is 86.7 cm³/mol. The van der Waals surface area contributed by atoms with Crippen LogP contribution in [0.15, 0.2) is 29.2 Å². The molecule has 0 aliphatic carbocycles. The number of hydrogen-bond donors (Lipinski definition) is 2. The molecule has 2 fully saturated rings. The highest BCUT2D eigenvalue weighted by molar-refractivity contribution is 7.89. The van der Waals surface area contributed by atoms with Crippen molar-refractivity contribution in [1.82, 2.24) is 9.62 Å². The van der Waals surface area contributed by atoms with Crippen molar-refractivity contribution < 1.29 is 23.3 Å². The number of halogens is 1. The minimum atomic E-state index is -3.52. The van der Waals surface area contributed by atoms with E-state index < -0.39 is 10.0 Å². The summed E-state index contributed by atoms with van der Waals surface area (Å²) in [6, 6.07) is 5.88. The van der Waals surface area contributed by atoms with E-state index in [2.05, 4.69) is 5.32 Å². The number of sulfonamides is 1. The number of amides is 2. The van der Waals surface area contributed by atoms with E-state index in [0.717, 1.165) is 0 Å². The molecular formula is C15H19ClN3O4S+. The van der Waals surface area contributed by atoms with Crippen LogP contribution in [0.1, 0.15) is 19.3 Å². The first kappa shape index (κ1) is 17.3. The SMILES string of the molecule is O=C1C[C@@H]([NH2+]C2CCN(S(=O)(=O)c3ccc(Cl)cc3)CC2)C(=O)N1. The van der Waals surface area contributed by atoms with Gasteiger partial charge in [0.2, 0.25) is 15.9 Å². The van der Waals surface area contributed by atoms with Crippen LogP contribution in [0.2, 0.25) is 5.02 Å². The van der Waals surface area contributed by atoms with Crippen molar-refractivity contribution in [2.75, 3.05) is 13.1 Å². The molecule has 7 nitrogen and oxygen atoms in total. The Morgan fingerprint density at radius 1 is 1.12 bits per heavy atom. The molecule has 0 radical (unpaired) electrons. The zero-order chi connectivity index (χ0) is 17.3. The minimum absolute atomic E-state index is 0.142. The van der Waals surface area contributed by atoms with E-state index in [4.69, 9.17) is 11.6 Å². The molecule has 3 rings (SSSR count). The fourth-order valence-corrected chi connectivity index (χ4v) is 4.72. The average molecular weight is 373 g/mol. The maximum Gasteiger partial charge on any atom is 0.285 e. The zero-order valence-corrected chi connectivity index (χ0v) is 14.5. The van der Waals surface area contributed by atoms with Gasteiger partial charge in [0.1, 0.15) is 0 Å². The van der Waals surface area contributed by atoms with Gasteiger partial charge in [0.15, 0.2) is 6.04 Å². The first-order valence-corrected chi connectivity index (χ1v) is 9.62. The first-order valence-electron chi connectivity index (χ1n) is 7.80. The predicted octanol–water partition coefficient (Wildman–Crippen LogP) is -0.528. The Balaban J connectivity index is 1.59. The van der Waals surface area contributed by atoms with Crippen LogP contribution in [-0.2, 0) is 19.6 Å². The molecule has 2 aliphatic heterocycles. The minimum Gasteiger partial charge on any atom is -0.333 e. The number of carbonyl (C=O) groups excluding carboxylic acids is 2. The number of hydrogen-bond acceptors (Lipinski definition) is 4. The molecule has 2 aliphatic rings. The van der Waals surface area contributed by atoms with Crippen molar-refractivity contribution in [1.29, 1.82) is 0 Å². The van der Waals surface area contributed by atoms with Gasteiger partial charge in [-0.3, -0.25) is 14.9 Å². The van der Waals surface area contributed by atoms with Gasteiger partial charge in [-0.25, -0.2) is 8.42 Å². The fraction of sp³-hybridized carbons (Fsp3) is 0.467. The fourth-order valence-electron chi connectivity index (χ4n) is 3.12. The lowest BCUT2D eigenvalue weighted by atomic mass is 10.1. The van der Waals surface area contributed by atoms with Crippen LogP contribution in [0.3, 0.4) is 0 Å². The van der Waals surface area contributed by atoms with Crippen LogP contribution >= 0.6 is 11.6 Å². The smallest absolute Gasteiger partial charge is 0.285 e. The van der Waals surface area contributed by atoms with Crippen LogP contribution in [-0.4, -0.2) is 49.7 Å². The topological polar surface area (TPSA) is 100 Å². The van der Waals surface area contributed by atoms with Crippen molar-refractivity contribution >= 4 is 33.4 Å². The summed E-state index contributed by atoms with van der Waals surface area (Å²) >= 11 is 5.80. The number of carbonyl (C=O) groups is 2. The second-order valence-corrected chi connectivity index (χ2v) is 8.49. The Bertz CT molecular complexity index is 742. The van der Waals surface area contributed by atoms with E-state index in [1.54, 1.807) is 12.1 Å². The number of piperidine rings is 1. The molecule has 1 aromatic rings. The van der Waals surface area contributed by atoms with E-state index in [0.29, 0.717) is 31.0 Å². The van der Waals surface area contributed by atoms with Crippen LogP contribution in [0.5, 0.6) is 0 Å². The Hall–Kier alpha value is -1.48. The Morgan fingerprint density at radius 3 is 2.29 bits per heavy atom. The van der Waals surface area contributed by atoms with Crippen LogP contribution < -0.4 is 10.6 Å². The number of benzene rings is 1. The summed E-state index contributed by atoms with van der Waals surface area (Å²) in [6.45, 7) is 0.794. The first-order chi connectivity index (χ1) is 11.4. The van der Waals surface area contributed by atoms with Gasteiger partial charge in [-0.15, -0.1) is 0 Å². The maximum atomic E-state index is 12.6. The molecule has 2 heterocycles. The van der Waals surface area contributed by atoms with Gasteiger partial charge in [-0.05, 0) is 24.3 Å². The summed E-state index contributed by atoms with van der Waals surface area (Å²) in [6.07, 6.45) is 1.48. The lowest BCUT2D eigenvalue weighted by Crippen LogP contribution is -2.97. The van der Waals surface area contributed by atoms with E-state index in [1.165, 1.54) is 16.4 Å². The second kappa shape index (κ2) is 6.79. The zero-order valence-electron chi connectivity index (χ0n) is 12.9. The molecule has 1 aromatic carbocycles. The van der Waals surface area contributed by atoms with Gasteiger partial charge in [0, 0.05) is 31.0 Å². The van der Waals surface area contributed by atoms with Crippen molar-refractivity contribution in [3.05, 3.63) is 29.3 Å². The molecule has 9 heteroatoms. The summed E-state index contributed by atoms with van der Waals surface area (Å²) in [7, 11) is -3.52. The quantitative estimate of drug-likeness (QED) is 0.694. The van der Waals surface area contributed by atoms with Gasteiger partial charge in [0.05, 0.1) is 17.4 Å². The molecular weight excluding hydrogens is 354 g/mol. The molecule has 0 aromatic heterocycles. The van der Waals surface area contributed by atoms with E-state index in [1.807, 2.05) is 5.32 Å². The molecule has 24 heavy (non-hydrogen) atoms. The number of imide groups is 1. The van der Waals surface area contributed by atoms with Gasteiger partial charge in [-0.2, -0.15) is 4.31 Å². The molecule has 0 saturated carbocycles. The van der Waals surface area contributed by atoms with Crippen LogP contribution in [0, 0.1) is 0 Å². The lowest BCUT2D eigenvalue weighted by Gasteiger charge is -2.30. The molecule has 2 amide bonds. The molecule has 130 valence electrons. The molecule has 0 unspecified atom stereocenters. The summed E-state index contributed by atoms with van der Waals surface area (Å²) in [5.74, 6) is -0.500. The van der Waals surface area contributed by atoms with Crippen LogP contribution in [0.25, 0.3) is 0 Å². The number of quaternary nitrogens is 1. The number of nitrogens with zero attached hydrogens (tertiary/aromatic N) is 1. The molecule has 1 atom stereocenters. The molecule has 0 bridgehead atoms. The maximum absolute atomic E-state index is 12.6. The van der Waals surface area contributed by atoms with Gasteiger partial charge in [-0.1, -0.05) is 11.6 Å². The summed E-state index contributed by atoms with van der Waals surface area (Å²) < 4.78 is 26.7. The van der Waals surface area contributed by atoms with Crippen molar-refractivity contribution in [2.45, 2.75) is 36.2 Å². The highest BCUT2D eigenvalue weighted by Crippen LogP contribution is 2.21. The monoisotopic (exact) mass is 372 g/mol. The standard InChI is InChI=1S/C15H18ClN3O4S/c16-10-1-3-12(4-2-10)24(22,23)19-7-5-11(6-8-19)17-13-9-14(20)18-15(13)21/h1-4,11,13,17H,5-9H2,(H,18,20,21)/p+1/t13-/m1/s1. The largest absolute Gasteiger partial charge is 0.333 e. The lowest BCUT2D eigenvalue weighted by molar-refractivity contribution is -0.710. The number of nitrogens with one attached hydrogen (secondary N) is 1. The summed E-state index contributed by atoms with van der Waals surface area (Å²) in [4.78, 5) is 23.1. The third kappa shape index (κ3) is 3.61. The summed E-state index contributed by atoms with van der Waals surface area (Å²) in [5.41, 5.74) is 0. The normalized spacial score (nSPS) is 23.5. The molecule has 0 spiro atoms. The average Bonchev–Trinajstić information content (AvgIpc) is 2.86. The molecule has 3 N–H and O–H groups in total. The third-order valence-corrected chi connectivity index (χ3v) is 6.62. The van der Waals surface area contributed by atoms with Gasteiger partial charge >= 0.3 is 0 Å². The number of rotatable bonds is 4. The molecule has 2 saturated heterocycles. The van der Waals surface area contributed by atoms with E-state index in [9.17, 15) is 18.0 Å². The van der Waals surface area contributed by atoms with Gasteiger partial charge < -0.3 is 5.32 Å². The highest BCUT2D eigenvalue weighted by Gasteiger charge is 2.38. The Kier molecular flexibility index (Phi) is 4.91. The number of nitrogens with two attached hydrogens (primary N) is 1. The van der Waals surface area contributed by atoms with Crippen molar-refractivity contribution in [3.63, 3.8) is 0 Å². The van der Waals surface area contributed by atoms with E-state index >= 15 is 0 Å². The van der Waals surface area contributed by atoms with Crippen LogP contribution in [0.4, 0.5) is 0 Å². The Morgan fingerprint density at radius 2 is 1.75 bits per heavy atom. The summed E-state index contributed by atoms with van der Waals surface area (Å²) in [5, 5.41) is 4.68. The van der Waals surface area contributed by atoms with Crippen molar-refractivity contribution in [2.24, 2.45) is 0 Å². The highest BCUT2D eigenvalue weighted by atomic mass is 35.5. The van der Waals surface area contributed by atoms with Crippen molar-refractivity contribution in [3.8, 4) is 0 Å². The second-order valence-electron chi connectivity index (χ2n) is 6.11. The third-order valence-electron chi connectivity index (χ3n) is 4.46. The van der Waals surface area contributed by atoms with E-state index in [-0.39, 0.29) is 35.2 Å². The Labute approximate surface area is 145 Å².